The molecule has 1 aromatic heterocycles. The van der Waals surface area contributed by atoms with Crippen molar-refractivity contribution in [2.24, 2.45) is 0 Å². The quantitative estimate of drug-likeness (QED) is 0.779. The van der Waals surface area contributed by atoms with Crippen LogP contribution in [-0.4, -0.2) is 16.3 Å². The topological polar surface area (TPSA) is 35.0 Å². The Morgan fingerprint density at radius 3 is 2.39 bits per heavy atom. The van der Waals surface area contributed by atoms with E-state index in [1.165, 1.54) is 24.5 Å². The van der Waals surface area contributed by atoms with Crippen molar-refractivity contribution in [2.45, 2.75) is 27.1 Å². The summed E-state index contributed by atoms with van der Waals surface area (Å²) in [6.45, 7) is 5.76. The van der Waals surface area contributed by atoms with Gasteiger partial charge in [-0.3, -0.25) is 0 Å². The van der Waals surface area contributed by atoms with Crippen molar-refractivity contribution in [3.63, 3.8) is 0 Å². The minimum atomic E-state index is -4.68. The molecule has 0 aliphatic rings. The second-order valence-electron chi connectivity index (χ2n) is 3.19. The molecule has 2 rings (SSSR count). The Labute approximate surface area is 103 Å². The molecule has 1 heterocycles. The fraction of sp³-hybridized carbons (Fsp3) is 0.333. The van der Waals surface area contributed by atoms with Gasteiger partial charge in [-0.05, 0) is 19.1 Å². The summed E-state index contributed by atoms with van der Waals surface area (Å²) in [6.07, 6.45) is -3.38. The molecular weight excluding hydrogens is 245 g/mol. The van der Waals surface area contributed by atoms with E-state index in [0.717, 1.165) is 0 Å². The van der Waals surface area contributed by atoms with Gasteiger partial charge in [0.15, 0.2) is 0 Å². The smallest absolute Gasteiger partial charge is 0.406 e. The molecule has 0 amide bonds. The normalized spacial score (nSPS) is 10.8. The van der Waals surface area contributed by atoms with Crippen LogP contribution in [0, 0.1) is 6.92 Å². The van der Waals surface area contributed by atoms with E-state index in [-0.39, 0.29) is 5.75 Å². The maximum atomic E-state index is 12.0. The lowest BCUT2D eigenvalue weighted by Gasteiger charge is -2.09. The monoisotopic (exact) mass is 258 g/mol. The zero-order chi connectivity index (χ0) is 13.8. The van der Waals surface area contributed by atoms with Crippen LogP contribution in [0.2, 0.25) is 0 Å². The second kappa shape index (κ2) is 5.66. The van der Waals surface area contributed by atoms with Crippen molar-refractivity contribution in [2.75, 3.05) is 0 Å². The third-order valence-electron chi connectivity index (χ3n) is 2.04. The highest BCUT2D eigenvalue weighted by Crippen LogP contribution is 2.26. The van der Waals surface area contributed by atoms with Crippen LogP contribution in [0.25, 0.3) is 10.9 Å². The number of rotatable bonds is 1. The van der Waals surface area contributed by atoms with Crippen LogP contribution < -0.4 is 4.74 Å². The van der Waals surface area contributed by atoms with E-state index in [0.29, 0.717) is 16.6 Å². The molecule has 0 N–H and O–H groups in total. The number of hydrogen-bond donors (Lipinski definition) is 0. The molecule has 0 spiro atoms. The molecular formula is C12H13F3N2O. The van der Waals surface area contributed by atoms with Gasteiger partial charge in [0.1, 0.15) is 12.1 Å². The first-order valence-corrected chi connectivity index (χ1v) is 5.43. The highest BCUT2D eigenvalue weighted by Gasteiger charge is 2.31. The number of benzene rings is 1. The first-order chi connectivity index (χ1) is 8.46. The molecule has 98 valence electrons. The molecule has 2 aromatic rings. The summed E-state index contributed by atoms with van der Waals surface area (Å²) in [5.74, 6) is -0.280. The lowest BCUT2D eigenvalue weighted by atomic mass is 10.2. The van der Waals surface area contributed by atoms with Gasteiger partial charge in [-0.1, -0.05) is 13.8 Å². The second-order valence-corrected chi connectivity index (χ2v) is 3.19. The van der Waals surface area contributed by atoms with Crippen molar-refractivity contribution in [1.29, 1.82) is 0 Å². The van der Waals surface area contributed by atoms with E-state index in [1.807, 2.05) is 13.8 Å². The average molecular weight is 258 g/mol. The first kappa shape index (κ1) is 14.2. The molecule has 0 saturated carbocycles. The summed E-state index contributed by atoms with van der Waals surface area (Å²) in [5.41, 5.74) is 1.14. The van der Waals surface area contributed by atoms with Gasteiger partial charge in [0, 0.05) is 17.1 Å². The third-order valence-corrected chi connectivity index (χ3v) is 2.04. The number of nitrogens with zero attached hydrogens (tertiary/aromatic N) is 2. The van der Waals surface area contributed by atoms with Gasteiger partial charge in [-0.2, -0.15) is 0 Å². The maximum absolute atomic E-state index is 12.0. The predicted molar refractivity (Wildman–Crippen MR) is 62.3 cm³/mol. The van der Waals surface area contributed by atoms with E-state index in [2.05, 4.69) is 14.7 Å². The summed E-state index contributed by atoms with van der Waals surface area (Å²) in [7, 11) is 0. The number of aryl methyl sites for hydroxylation is 1. The summed E-state index contributed by atoms with van der Waals surface area (Å²) in [5, 5.41) is 0.706. The van der Waals surface area contributed by atoms with Crippen molar-refractivity contribution < 1.29 is 17.9 Å². The van der Waals surface area contributed by atoms with E-state index >= 15 is 0 Å². The number of fused-ring (bicyclic) bond motifs is 1. The summed E-state index contributed by atoms with van der Waals surface area (Å²) >= 11 is 0. The zero-order valence-corrected chi connectivity index (χ0v) is 10.2. The van der Waals surface area contributed by atoms with Crippen LogP contribution in [-0.2, 0) is 0 Å². The predicted octanol–water partition coefficient (Wildman–Crippen LogP) is 3.86. The Hall–Kier alpha value is -1.85. The Bertz CT molecular complexity index is 526. The number of aromatic nitrogens is 2. The van der Waals surface area contributed by atoms with E-state index in [4.69, 9.17) is 0 Å². The molecule has 6 heteroatoms. The lowest BCUT2D eigenvalue weighted by Crippen LogP contribution is -2.17. The number of ether oxygens (including phenoxy) is 1. The maximum Gasteiger partial charge on any atom is 0.573 e. The van der Waals surface area contributed by atoms with Crippen LogP contribution >= 0.6 is 0 Å². The molecule has 0 fully saturated rings. The molecule has 0 bridgehead atoms. The van der Waals surface area contributed by atoms with Crippen molar-refractivity contribution in [1.82, 2.24) is 9.97 Å². The molecule has 0 radical (unpaired) electrons. The summed E-state index contributed by atoms with van der Waals surface area (Å²) in [4.78, 5) is 7.81. The van der Waals surface area contributed by atoms with Gasteiger partial charge in [-0.25, -0.2) is 9.97 Å². The van der Waals surface area contributed by atoms with Gasteiger partial charge in [-0.15, -0.1) is 13.2 Å². The highest BCUT2D eigenvalue weighted by atomic mass is 19.4. The Morgan fingerprint density at radius 2 is 1.78 bits per heavy atom. The van der Waals surface area contributed by atoms with Gasteiger partial charge in [0.2, 0.25) is 0 Å². The van der Waals surface area contributed by atoms with Gasteiger partial charge in [0.25, 0.3) is 0 Å². The Morgan fingerprint density at radius 1 is 1.11 bits per heavy atom. The summed E-state index contributed by atoms with van der Waals surface area (Å²) in [6, 6.07) is 3.98. The molecule has 0 atom stereocenters. The standard InChI is InChI=1S/C10H7F3N2O.C2H6/c1-6-8-3-2-7(16-10(11,12)13)4-9(8)15-5-14-6;1-2/h2-5H,1H3;1-2H3. The largest absolute Gasteiger partial charge is 0.573 e. The fourth-order valence-corrected chi connectivity index (χ4v) is 1.37. The van der Waals surface area contributed by atoms with Crippen LogP contribution in [0.1, 0.15) is 19.5 Å². The Balaban J connectivity index is 0.000000771. The fourth-order valence-electron chi connectivity index (χ4n) is 1.37. The number of hydrogen-bond acceptors (Lipinski definition) is 3. The van der Waals surface area contributed by atoms with E-state index in [9.17, 15) is 13.2 Å². The third kappa shape index (κ3) is 3.58. The minimum absolute atomic E-state index is 0.280. The molecule has 18 heavy (non-hydrogen) atoms. The first-order valence-electron chi connectivity index (χ1n) is 5.43. The molecule has 3 nitrogen and oxygen atoms in total. The SMILES string of the molecule is CC.Cc1ncnc2cc(OC(F)(F)F)ccc12. The lowest BCUT2D eigenvalue weighted by molar-refractivity contribution is -0.274. The minimum Gasteiger partial charge on any atom is -0.406 e. The van der Waals surface area contributed by atoms with Crippen molar-refractivity contribution in [3.8, 4) is 5.75 Å². The van der Waals surface area contributed by atoms with Crippen LogP contribution in [0.15, 0.2) is 24.5 Å². The van der Waals surface area contributed by atoms with Gasteiger partial charge >= 0.3 is 6.36 Å². The van der Waals surface area contributed by atoms with Crippen molar-refractivity contribution in [3.05, 3.63) is 30.2 Å². The van der Waals surface area contributed by atoms with E-state index < -0.39 is 6.36 Å². The molecule has 0 unspecified atom stereocenters. The molecule has 0 saturated heterocycles. The number of halogens is 3. The van der Waals surface area contributed by atoms with Crippen LogP contribution in [0.5, 0.6) is 5.75 Å². The number of alkyl halides is 3. The molecule has 1 aromatic carbocycles. The highest BCUT2D eigenvalue weighted by molar-refractivity contribution is 5.81. The van der Waals surface area contributed by atoms with Gasteiger partial charge < -0.3 is 4.74 Å². The van der Waals surface area contributed by atoms with E-state index in [1.54, 1.807) is 6.92 Å². The van der Waals surface area contributed by atoms with Crippen molar-refractivity contribution >= 4 is 10.9 Å². The average Bonchev–Trinajstić information content (AvgIpc) is 2.29. The Kier molecular flexibility index (Phi) is 4.47. The zero-order valence-electron chi connectivity index (χ0n) is 10.2. The summed E-state index contributed by atoms with van der Waals surface area (Å²) < 4.78 is 39.7. The van der Waals surface area contributed by atoms with Gasteiger partial charge in [0.05, 0.1) is 5.52 Å². The molecule has 0 aliphatic heterocycles. The molecule has 0 aliphatic carbocycles. The van der Waals surface area contributed by atoms with Crippen LogP contribution in [0.3, 0.4) is 0 Å². The van der Waals surface area contributed by atoms with Crippen LogP contribution in [0.4, 0.5) is 13.2 Å².